The summed E-state index contributed by atoms with van der Waals surface area (Å²) in [5, 5.41) is 0.627. The minimum absolute atomic E-state index is 0.627. The molecule has 13 heavy (non-hydrogen) atoms. The van der Waals surface area contributed by atoms with Gasteiger partial charge in [-0.05, 0) is 6.42 Å². The highest BCUT2D eigenvalue weighted by atomic mass is 28.3. The fourth-order valence-corrected chi connectivity index (χ4v) is 5.33. The smallest absolute Gasteiger partial charge is 0.132 e. The van der Waals surface area contributed by atoms with Crippen molar-refractivity contribution in [3.63, 3.8) is 0 Å². The van der Waals surface area contributed by atoms with E-state index in [1.54, 1.807) is 0 Å². The number of unbranched alkanes of at least 4 members (excludes halogenated alkanes) is 1. The number of rotatable bonds is 7. The molecule has 0 radical (unpaired) electrons. The molecule has 0 unspecified atom stereocenters. The first-order chi connectivity index (χ1) is 6.16. The first kappa shape index (κ1) is 12.9. The van der Waals surface area contributed by atoms with E-state index in [1.807, 2.05) is 0 Å². The van der Waals surface area contributed by atoms with Crippen molar-refractivity contribution < 1.29 is 4.79 Å². The molecule has 0 amide bonds. The highest BCUT2D eigenvalue weighted by Gasteiger charge is 2.34. The quantitative estimate of drug-likeness (QED) is 0.571. The summed E-state index contributed by atoms with van der Waals surface area (Å²) in [6, 6.07) is 3.42. The lowest BCUT2D eigenvalue weighted by Gasteiger charge is -2.25. The fourth-order valence-electron chi connectivity index (χ4n) is 1.94. The normalized spacial score (nSPS) is 11.7. The molecule has 78 valence electrons. The Morgan fingerprint density at radius 3 is 1.77 bits per heavy atom. The van der Waals surface area contributed by atoms with E-state index in [0.717, 1.165) is 37.4 Å². The predicted octanol–water partition coefficient (Wildman–Crippen LogP) is 3.79. The Balaban J connectivity index is 4.26. The molecule has 0 heterocycles. The Kier molecular flexibility index (Phi) is 6.30. The zero-order valence-electron chi connectivity index (χ0n) is 9.65. The monoisotopic (exact) mass is 200 g/mol. The highest BCUT2D eigenvalue weighted by molar-refractivity contribution is 7.05. The Labute approximate surface area is 83.9 Å². The van der Waals surface area contributed by atoms with Crippen LogP contribution in [-0.2, 0) is 4.79 Å². The molecule has 0 spiro atoms. The molecule has 0 atom stereocenters. The van der Waals surface area contributed by atoms with Crippen LogP contribution in [0.1, 0.15) is 47.0 Å². The van der Waals surface area contributed by atoms with Crippen LogP contribution < -0.4 is 0 Å². The first-order valence-electron chi connectivity index (χ1n) is 5.70. The maximum atomic E-state index is 12.0. The van der Waals surface area contributed by atoms with Crippen molar-refractivity contribution in [2.24, 2.45) is 0 Å². The molecule has 0 fully saturated rings. The number of carbonyl (C=O) groups is 1. The van der Waals surface area contributed by atoms with Crippen LogP contribution in [0.3, 0.4) is 0 Å². The molecule has 0 aromatic rings. The van der Waals surface area contributed by atoms with Crippen LogP contribution in [0.2, 0.25) is 18.1 Å². The Bertz CT molecular complexity index is 142. The molecule has 0 aliphatic carbocycles. The van der Waals surface area contributed by atoms with Gasteiger partial charge < -0.3 is 4.79 Å². The van der Waals surface area contributed by atoms with Crippen molar-refractivity contribution in [1.82, 2.24) is 0 Å². The zero-order valence-corrected chi connectivity index (χ0v) is 10.7. The largest absolute Gasteiger partial charge is 0.305 e. The van der Waals surface area contributed by atoms with Crippen LogP contribution >= 0.6 is 0 Å². The Morgan fingerprint density at radius 1 is 1.00 bits per heavy atom. The summed E-state index contributed by atoms with van der Waals surface area (Å²) in [5.74, 6) is 0. The van der Waals surface area contributed by atoms with Gasteiger partial charge in [0.15, 0.2) is 0 Å². The van der Waals surface area contributed by atoms with E-state index >= 15 is 0 Å². The molecule has 0 rings (SSSR count). The third kappa shape index (κ3) is 3.26. The lowest BCUT2D eigenvalue weighted by molar-refractivity contribution is -0.112. The van der Waals surface area contributed by atoms with Crippen molar-refractivity contribution in [3.05, 3.63) is 0 Å². The standard InChI is InChI=1S/C11H24OSi/c1-5-9-10-11(12)13(6-2,7-3)8-4/h5-10H2,1-4H3. The number of hydrogen-bond acceptors (Lipinski definition) is 1. The third-order valence-corrected chi connectivity index (χ3v) is 8.87. The SMILES string of the molecule is CCCCC(=O)[Si](CC)(CC)CC. The van der Waals surface area contributed by atoms with Crippen molar-refractivity contribution >= 4 is 13.5 Å². The fraction of sp³-hybridized carbons (Fsp3) is 0.909. The highest BCUT2D eigenvalue weighted by Crippen LogP contribution is 2.23. The molecule has 0 saturated heterocycles. The van der Waals surface area contributed by atoms with Gasteiger partial charge in [-0.1, -0.05) is 52.2 Å². The third-order valence-electron chi connectivity index (χ3n) is 3.38. The molecule has 0 aliphatic rings. The molecule has 0 aromatic carbocycles. The van der Waals surface area contributed by atoms with Crippen molar-refractivity contribution in [2.75, 3.05) is 0 Å². The average Bonchev–Trinajstić information content (AvgIpc) is 2.18. The zero-order chi connectivity index (χ0) is 10.3. The summed E-state index contributed by atoms with van der Waals surface area (Å²) in [5.41, 5.74) is 0. The second-order valence-corrected chi connectivity index (χ2v) is 9.11. The summed E-state index contributed by atoms with van der Waals surface area (Å²) in [7, 11) is -1.50. The van der Waals surface area contributed by atoms with Gasteiger partial charge in [0.25, 0.3) is 0 Å². The van der Waals surface area contributed by atoms with E-state index in [9.17, 15) is 4.79 Å². The van der Waals surface area contributed by atoms with Gasteiger partial charge in [-0.3, -0.25) is 0 Å². The lowest BCUT2D eigenvalue weighted by Crippen LogP contribution is -2.41. The number of hydrogen-bond donors (Lipinski definition) is 0. The van der Waals surface area contributed by atoms with E-state index in [2.05, 4.69) is 27.7 Å². The van der Waals surface area contributed by atoms with Gasteiger partial charge >= 0.3 is 0 Å². The number of carbonyl (C=O) groups excluding carboxylic acids is 1. The van der Waals surface area contributed by atoms with Crippen LogP contribution in [0.15, 0.2) is 0 Å². The Hall–Kier alpha value is -0.113. The summed E-state index contributed by atoms with van der Waals surface area (Å²) in [6.07, 6.45) is 3.08. The van der Waals surface area contributed by atoms with Crippen LogP contribution in [0.4, 0.5) is 0 Å². The van der Waals surface area contributed by atoms with Crippen molar-refractivity contribution in [1.29, 1.82) is 0 Å². The topological polar surface area (TPSA) is 17.1 Å². The van der Waals surface area contributed by atoms with Gasteiger partial charge in [-0.25, -0.2) is 0 Å². The molecule has 1 nitrogen and oxygen atoms in total. The van der Waals surface area contributed by atoms with Crippen LogP contribution in [0, 0.1) is 0 Å². The van der Waals surface area contributed by atoms with E-state index in [-0.39, 0.29) is 0 Å². The van der Waals surface area contributed by atoms with Crippen LogP contribution in [0.25, 0.3) is 0 Å². The second kappa shape index (κ2) is 6.36. The summed E-state index contributed by atoms with van der Waals surface area (Å²) < 4.78 is 0. The van der Waals surface area contributed by atoms with E-state index in [4.69, 9.17) is 0 Å². The molecular formula is C11H24OSi. The summed E-state index contributed by atoms with van der Waals surface area (Å²) >= 11 is 0. The second-order valence-electron chi connectivity index (χ2n) is 3.87. The van der Waals surface area contributed by atoms with Crippen molar-refractivity contribution in [2.45, 2.75) is 65.1 Å². The minimum Gasteiger partial charge on any atom is -0.305 e. The van der Waals surface area contributed by atoms with Gasteiger partial charge in [-0.15, -0.1) is 0 Å². The summed E-state index contributed by atoms with van der Waals surface area (Å²) in [4.78, 5) is 12.0. The molecule has 2 heteroatoms. The molecule has 0 bridgehead atoms. The van der Waals surface area contributed by atoms with Gasteiger partial charge in [0, 0.05) is 6.42 Å². The first-order valence-corrected chi connectivity index (χ1v) is 8.32. The average molecular weight is 200 g/mol. The van der Waals surface area contributed by atoms with Crippen LogP contribution in [-0.4, -0.2) is 13.5 Å². The van der Waals surface area contributed by atoms with Crippen LogP contribution in [0.5, 0.6) is 0 Å². The van der Waals surface area contributed by atoms with Gasteiger partial charge in [-0.2, -0.15) is 0 Å². The van der Waals surface area contributed by atoms with E-state index in [0.29, 0.717) is 5.41 Å². The van der Waals surface area contributed by atoms with Gasteiger partial charge in [0.2, 0.25) is 0 Å². The lowest BCUT2D eigenvalue weighted by atomic mass is 10.3. The molecular weight excluding hydrogens is 176 g/mol. The minimum atomic E-state index is -1.50. The molecule has 0 aliphatic heterocycles. The predicted molar refractivity (Wildman–Crippen MR) is 61.7 cm³/mol. The summed E-state index contributed by atoms with van der Waals surface area (Å²) in [6.45, 7) is 8.75. The van der Waals surface area contributed by atoms with Crippen molar-refractivity contribution in [3.8, 4) is 0 Å². The maximum Gasteiger partial charge on any atom is 0.132 e. The molecule has 0 aromatic heterocycles. The molecule has 0 saturated carbocycles. The van der Waals surface area contributed by atoms with Gasteiger partial charge in [0.1, 0.15) is 13.5 Å². The Morgan fingerprint density at radius 2 is 1.46 bits per heavy atom. The maximum absolute atomic E-state index is 12.0. The van der Waals surface area contributed by atoms with E-state index < -0.39 is 8.07 Å². The van der Waals surface area contributed by atoms with Gasteiger partial charge in [0.05, 0.1) is 0 Å². The molecule has 0 N–H and O–H groups in total. The van der Waals surface area contributed by atoms with E-state index in [1.165, 1.54) is 0 Å².